The van der Waals surface area contributed by atoms with Crippen molar-refractivity contribution in [1.82, 2.24) is 0 Å². The molecule has 0 spiro atoms. The van der Waals surface area contributed by atoms with Gasteiger partial charge in [0.15, 0.2) is 0 Å². The van der Waals surface area contributed by atoms with Crippen LogP contribution in [0.25, 0.3) is 0 Å². The largest absolute Gasteiger partial charge is 0.480 e. The normalized spacial score (nSPS) is 14.8. The van der Waals surface area contributed by atoms with E-state index in [1.54, 1.807) is 12.1 Å². The van der Waals surface area contributed by atoms with Gasteiger partial charge in [-0.2, -0.15) is 0 Å². The third-order valence-electron chi connectivity index (χ3n) is 1.84. The van der Waals surface area contributed by atoms with Crippen LogP contribution < -0.4 is 5.73 Å². The quantitative estimate of drug-likeness (QED) is 0.696. The zero-order chi connectivity index (χ0) is 10.7. The second-order valence-electron chi connectivity index (χ2n) is 2.86. The summed E-state index contributed by atoms with van der Waals surface area (Å²) in [5, 5.41) is 18.6. The molecule has 0 saturated carbocycles. The van der Waals surface area contributed by atoms with E-state index < -0.39 is 18.1 Å². The Hall–Kier alpha value is -1.10. The number of hydrogen-bond donors (Lipinski definition) is 3. The molecule has 5 heteroatoms. The van der Waals surface area contributed by atoms with Gasteiger partial charge in [0.2, 0.25) is 0 Å². The predicted octanol–water partition coefficient (Wildman–Crippen LogP) is 0.785. The number of carboxylic acid groups (broad SMARTS) is 1. The molecule has 4 nitrogen and oxygen atoms in total. The number of hydrogen-bond acceptors (Lipinski definition) is 3. The highest BCUT2D eigenvalue weighted by Gasteiger charge is 2.23. The fourth-order valence-electron chi connectivity index (χ4n) is 1.00. The summed E-state index contributed by atoms with van der Waals surface area (Å²) in [6.45, 7) is 0. The third kappa shape index (κ3) is 2.45. The smallest absolute Gasteiger partial charge is 0.323 e. The molecule has 1 rings (SSSR count). The van der Waals surface area contributed by atoms with Gasteiger partial charge >= 0.3 is 5.97 Å². The number of aliphatic hydroxyl groups is 1. The lowest BCUT2D eigenvalue weighted by molar-refractivity contribution is -0.141. The van der Waals surface area contributed by atoms with Gasteiger partial charge in [0, 0.05) is 5.02 Å². The van der Waals surface area contributed by atoms with E-state index in [9.17, 15) is 9.90 Å². The van der Waals surface area contributed by atoms with E-state index in [2.05, 4.69) is 0 Å². The number of nitrogens with two attached hydrogens (primary N) is 1. The fraction of sp³-hybridized carbons (Fsp3) is 0.222. The lowest BCUT2D eigenvalue weighted by Gasteiger charge is -2.14. The molecule has 0 radical (unpaired) electrons. The molecule has 0 saturated heterocycles. The predicted molar refractivity (Wildman–Crippen MR) is 52.0 cm³/mol. The van der Waals surface area contributed by atoms with E-state index >= 15 is 0 Å². The highest BCUT2D eigenvalue weighted by atomic mass is 35.5. The third-order valence-corrected chi connectivity index (χ3v) is 2.09. The van der Waals surface area contributed by atoms with Crippen molar-refractivity contribution in [2.24, 2.45) is 5.73 Å². The van der Waals surface area contributed by atoms with Crippen molar-refractivity contribution in [1.29, 1.82) is 0 Å². The summed E-state index contributed by atoms with van der Waals surface area (Å²) < 4.78 is 0. The molecule has 0 aliphatic rings. The molecule has 0 heterocycles. The molecule has 4 N–H and O–H groups in total. The first kappa shape index (κ1) is 11.0. The van der Waals surface area contributed by atoms with Gasteiger partial charge in [0.1, 0.15) is 12.1 Å². The Balaban J connectivity index is 2.84. The van der Waals surface area contributed by atoms with Crippen LogP contribution in [0.1, 0.15) is 11.7 Å². The van der Waals surface area contributed by atoms with Crippen LogP contribution >= 0.6 is 11.6 Å². The summed E-state index contributed by atoms with van der Waals surface area (Å²) >= 11 is 5.63. The van der Waals surface area contributed by atoms with Crippen LogP contribution in [0, 0.1) is 0 Å². The number of benzene rings is 1. The number of carboxylic acids is 1. The van der Waals surface area contributed by atoms with Crippen LogP contribution in [-0.2, 0) is 4.79 Å². The average molecular weight is 216 g/mol. The first-order valence-electron chi connectivity index (χ1n) is 3.94. The first-order valence-corrected chi connectivity index (χ1v) is 4.32. The van der Waals surface area contributed by atoms with Gasteiger partial charge in [-0.25, -0.2) is 0 Å². The van der Waals surface area contributed by atoms with Gasteiger partial charge in [0.05, 0.1) is 0 Å². The van der Waals surface area contributed by atoms with E-state index in [1.807, 2.05) is 0 Å². The zero-order valence-electron chi connectivity index (χ0n) is 7.22. The molecule has 0 fully saturated rings. The average Bonchev–Trinajstić information content (AvgIpc) is 2.16. The van der Waals surface area contributed by atoms with E-state index in [4.69, 9.17) is 22.4 Å². The van der Waals surface area contributed by atoms with Crippen molar-refractivity contribution >= 4 is 17.6 Å². The number of carbonyl (C=O) groups is 1. The number of aliphatic carboxylic acids is 1. The van der Waals surface area contributed by atoms with Crippen LogP contribution in [0.3, 0.4) is 0 Å². The maximum atomic E-state index is 10.5. The molecule has 1 aromatic rings. The van der Waals surface area contributed by atoms with E-state index in [0.29, 0.717) is 10.6 Å². The molecule has 2 atom stereocenters. The van der Waals surface area contributed by atoms with Crippen LogP contribution in [0.15, 0.2) is 24.3 Å². The zero-order valence-corrected chi connectivity index (χ0v) is 7.98. The molecule has 0 aliphatic carbocycles. The summed E-state index contributed by atoms with van der Waals surface area (Å²) in [7, 11) is 0. The summed E-state index contributed by atoms with van der Waals surface area (Å²) in [5.74, 6) is -1.24. The van der Waals surface area contributed by atoms with E-state index in [0.717, 1.165) is 0 Å². The summed E-state index contributed by atoms with van der Waals surface area (Å²) in [4.78, 5) is 10.5. The molecular weight excluding hydrogens is 206 g/mol. The lowest BCUT2D eigenvalue weighted by Crippen LogP contribution is -2.36. The standard InChI is InChI=1S/C9H10ClNO3/c10-6-3-1-5(2-4-6)8(12)7(11)9(13)14/h1-4,7-8,12H,11H2,(H,13,14)/t7-,8+/m1/s1. The second-order valence-corrected chi connectivity index (χ2v) is 3.30. The minimum atomic E-state index is -1.32. The monoisotopic (exact) mass is 215 g/mol. The SMILES string of the molecule is N[C@@H](C(=O)O)[C@@H](O)c1ccc(Cl)cc1. The van der Waals surface area contributed by atoms with Gasteiger partial charge in [0.25, 0.3) is 0 Å². The number of rotatable bonds is 3. The van der Waals surface area contributed by atoms with Crippen LogP contribution in [0.4, 0.5) is 0 Å². The molecule has 14 heavy (non-hydrogen) atoms. The van der Waals surface area contributed by atoms with Gasteiger partial charge < -0.3 is 15.9 Å². The summed E-state index contributed by atoms with van der Waals surface area (Å²) in [5.41, 5.74) is 5.68. The van der Waals surface area contributed by atoms with Crippen molar-refractivity contribution in [3.8, 4) is 0 Å². The van der Waals surface area contributed by atoms with Crippen molar-refractivity contribution in [3.05, 3.63) is 34.9 Å². The van der Waals surface area contributed by atoms with Crippen molar-refractivity contribution in [2.75, 3.05) is 0 Å². The Labute approximate surface area is 85.9 Å². The van der Waals surface area contributed by atoms with Gasteiger partial charge in [-0.05, 0) is 17.7 Å². The summed E-state index contributed by atoms with van der Waals surface area (Å²) in [6, 6.07) is 4.88. The van der Waals surface area contributed by atoms with E-state index in [-0.39, 0.29) is 0 Å². The van der Waals surface area contributed by atoms with Crippen molar-refractivity contribution in [3.63, 3.8) is 0 Å². The first-order chi connectivity index (χ1) is 6.52. The van der Waals surface area contributed by atoms with Crippen molar-refractivity contribution in [2.45, 2.75) is 12.1 Å². The minimum Gasteiger partial charge on any atom is -0.480 e. The highest BCUT2D eigenvalue weighted by Crippen LogP contribution is 2.18. The van der Waals surface area contributed by atoms with Gasteiger partial charge in [-0.1, -0.05) is 23.7 Å². The van der Waals surface area contributed by atoms with Gasteiger partial charge in [-0.15, -0.1) is 0 Å². The topological polar surface area (TPSA) is 83.6 Å². The maximum absolute atomic E-state index is 10.5. The Bertz CT molecular complexity index is 325. The maximum Gasteiger partial charge on any atom is 0.323 e. The fourth-order valence-corrected chi connectivity index (χ4v) is 1.13. The lowest BCUT2D eigenvalue weighted by atomic mass is 10.0. The molecule has 0 aromatic heterocycles. The molecular formula is C9H10ClNO3. The Morgan fingerprint density at radius 1 is 1.36 bits per heavy atom. The Morgan fingerprint density at radius 2 is 1.86 bits per heavy atom. The Kier molecular flexibility index (Phi) is 3.46. The summed E-state index contributed by atoms with van der Waals surface area (Å²) in [6.07, 6.45) is -1.22. The van der Waals surface area contributed by atoms with Gasteiger partial charge in [-0.3, -0.25) is 4.79 Å². The molecule has 0 aliphatic heterocycles. The van der Waals surface area contributed by atoms with Crippen molar-refractivity contribution < 1.29 is 15.0 Å². The van der Waals surface area contributed by atoms with Crippen LogP contribution in [-0.4, -0.2) is 22.2 Å². The van der Waals surface area contributed by atoms with Crippen LogP contribution in [0.2, 0.25) is 5.02 Å². The highest BCUT2D eigenvalue weighted by molar-refractivity contribution is 6.30. The number of halogens is 1. The van der Waals surface area contributed by atoms with Crippen LogP contribution in [0.5, 0.6) is 0 Å². The Morgan fingerprint density at radius 3 is 2.29 bits per heavy atom. The molecule has 76 valence electrons. The second kappa shape index (κ2) is 4.41. The molecule has 1 aromatic carbocycles. The number of aliphatic hydroxyl groups excluding tert-OH is 1. The molecule has 0 bridgehead atoms. The molecule has 0 amide bonds. The molecule has 0 unspecified atom stereocenters. The minimum absolute atomic E-state index is 0.435. The van der Waals surface area contributed by atoms with E-state index in [1.165, 1.54) is 12.1 Å².